The van der Waals surface area contributed by atoms with Gasteiger partial charge in [-0.15, -0.1) is 0 Å². The second-order valence-corrected chi connectivity index (χ2v) is 9.65. The number of halogens is 4. The van der Waals surface area contributed by atoms with Crippen LogP contribution in [0, 0.1) is 11.8 Å². The number of piperidine rings is 2. The van der Waals surface area contributed by atoms with Crippen LogP contribution in [0.15, 0.2) is 48.6 Å². The van der Waals surface area contributed by atoms with Crippen LogP contribution in [0.5, 0.6) is 0 Å². The summed E-state index contributed by atoms with van der Waals surface area (Å²) in [6, 6.07) is 1.70. The van der Waals surface area contributed by atoms with Crippen molar-refractivity contribution in [3.8, 4) is 0 Å². The van der Waals surface area contributed by atoms with Gasteiger partial charge in [0.25, 0.3) is 5.91 Å². The SMILES string of the molecule is C=CC=N/C=C(\N/C=C/F)c1nn(CC(F)(F)F)c2cc(C(=O)N3C4CC5CC(C4)CC3C5)ncc12. The van der Waals surface area contributed by atoms with Gasteiger partial charge in [-0.05, 0) is 50.0 Å². The van der Waals surface area contributed by atoms with Gasteiger partial charge in [0.2, 0.25) is 0 Å². The van der Waals surface area contributed by atoms with Gasteiger partial charge in [-0.25, -0.2) is 4.39 Å². The van der Waals surface area contributed by atoms with Gasteiger partial charge in [0, 0.05) is 36.1 Å². The third-order valence-electron chi connectivity index (χ3n) is 7.25. The molecule has 7 nitrogen and oxygen atoms in total. The van der Waals surface area contributed by atoms with Crippen LogP contribution in [0.25, 0.3) is 16.6 Å². The van der Waals surface area contributed by atoms with Crippen LogP contribution >= 0.6 is 0 Å². The monoisotopic (exact) mass is 502 g/mol. The Kier molecular flexibility index (Phi) is 6.40. The third kappa shape index (κ3) is 4.66. The average molecular weight is 503 g/mol. The molecule has 0 radical (unpaired) electrons. The Balaban J connectivity index is 1.55. The molecule has 4 aliphatic rings. The maximum absolute atomic E-state index is 13.5. The number of alkyl halides is 3. The first-order chi connectivity index (χ1) is 17.3. The maximum atomic E-state index is 13.5. The quantitative estimate of drug-likeness (QED) is 0.428. The highest BCUT2D eigenvalue weighted by atomic mass is 19.4. The van der Waals surface area contributed by atoms with Crippen LogP contribution < -0.4 is 5.32 Å². The smallest absolute Gasteiger partial charge is 0.357 e. The zero-order valence-electron chi connectivity index (χ0n) is 19.5. The van der Waals surface area contributed by atoms with E-state index in [1.54, 1.807) is 0 Å². The van der Waals surface area contributed by atoms with Gasteiger partial charge in [-0.2, -0.15) is 18.3 Å². The van der Waals surface area contributed by atoms with E-state index in [0.29, 0.717) is 11.8 Å². The first-order valence-electron chi connectivity index (χ1n) is 11.9. The number of hydrogen-bond acceptors (Lipinski definition) is 5. The number of carbonyl (C=O) groups is 1. The zero-order valence-corrected chi connectivity index (χ0v) is 19.5. The molecule has 0 spiro atoms. The van der Waals surface area contributed by atoms with E-state index < -0.39 is 12.7 Å². The van der Waals surface area contributed by atoms with Gasteiger partial charge in [0.15, 0.2) is 0 Å². The fraction of sp³-hybridized carbons (Fsp3) is 0.440. The second-order valence-electron chi connectivity index (χ2n) is 9.65. The van der Waals surface area contributed by atoms with E-state index in [1.165, 1.54) is 37.2 Å². The Morgan fingerprint density at radius 3 is 2.50 bits per heavy atom. The van der Waals surface area contributed by atoms with Crippen molar-refractivity contribution in [2.45, 2.75) is 56.9 Å². The molecule has 0 unspecified atom stereocenters. The van der Waals surface area contributed by atoms with E-state index >= 15 is 0 Å². The standard InChI is InChI=1S/C25H26F4N6O/c1-2-4-30-13-21(31-5-3-26)23-19-12-32-20(11-22(19)34(33-23)14-25(27,28)29)24(36)35-17-7-15-6-16(9-17)10-18(35)8-15/h2-5,11-13,15-18,31H,1,6-10,14H2/b5-3+,21-13-,30-4?. The lowest BCUT2D eigenvalue weighted by Crippen LogP contribution is -2.59. The molecule has 6 rings (SSSR count). The Bertz CT molecular complexity index is 1230. The third-order valence-corrected chi connectivity index (χ3v) is 7.25. The molecule has 4 fully saturated rings. The molecule has 2 aromatic heterocycles. The van der Waals surface area contributed by atoms with Gasteiger partial charge < -0.3 is 10.2 Å². The summed E-state index contributed by atoms with van der Waals surface area (Å²) in [5, 5.41) is 7.05. The highest BCUT2D eigenvalue weighted by Gasteiger charge is 2.49. The van der Waals surface area contributed by atoms with Crippen molar-refractivity contribution in [1.82, 2.24) is 25.0 Å². The molecule has 0 aromatic carbocycles. The molecule has 36 heavy (non-hydrogen) atoms. The minimum absolute atomic E-state index is 0.0926. The van der Waals surface area contributed by atoms with E-state index in [-0.39, 0.29) is 52.3 Å². The molecule has 190 valence electrons. The summed E-state index contributed by atoms with van der Waals surface area (Å²) in [6.45, 7) is 2.16. The van der Waals surface area contributed by atoms with Crippen molar-refractivity contribution >= 4 is 28.7 Å². The molecular weight excluding hydrogens is 476 g/mol. The summed E-state index contributed by atoms with van der Waals surface area (Å²) in [6.07, 6.45) is 7.22. The number of pyridine rings is 1. The van der Waals surface area contributed by atoms with Crippen LogP contribution in [0.3, 0.4) is 0 Å². The van der Waals surface area contributed by atoms with Crippen molar-refractivity contribution in [3.63, 3.8) is 0 Å². The number of amides is 1. The second kappa shape index (κ2) is 9.51. The molecule has 2 aromatic rings. The summed E-state index contributed by atoms with van der Waals surface area (Å²) in [4.78, 5) is 23.8. The number of rotatable bonds is 7. The number of carbonyl (C=O) groups excluding carboxylic acids is 1. The molecule has 11 heteroatoms. The number of fused-ring (bicyclic) bond motifs is 1. The minimum atomic E-state index is -4.55. The average Bonchev–Trinajstić information content (AvgIpc) is 3.16. The fourth-order valence-corrected chi connectivity index (χ4v) is 6.14. The van der Waals surface area contributed by atoms with Crippen molar-refractivity contribution in [3.05, 3.63) is 55.0 Å². The Hall–Kier alpha value is -3.50. The van der Waals surface area contributed by atoms with Gasteiger partial charge in [-0.1, -0.05) is 12.7 Å². The molecule has 1 amide bonds. The van der Waals surface area contributed by atoms with Crippen LogP contribution in [0.1, 0.15) is 48.3 Å². The lowest BCUT2D eigenvalue weighted by molar-refractivity contribution is -0.141. The van der Waals surface area contributed by atoms with E-state index in [4.69, 9.17) is 0 Å². The molecule has 4 bridgehead atoms. The lowest BCUT2D eigenvalue weighted by atomic mass is 9.63. The van der Waals surface area contributed by atoms with Crippen LogP contribution in [0.4, 0.5) is 17.6 Å². The van der Waals surface area contributed by atoms with Crippen molar-refractivity contribution < 1.29 is 22.4 Å². The first kappa shape index (κ1) is 24.2. The first-order valence-corrected chi connectivity index (χ1v) is 11.9. The zero-order chi connectivity index (χ0) is 25.4. The molecule has 2 aliphatic heterocycles. The van der Waals surface area contributed by atoms with Crippen LogP contribution in [-0.4, -0.2) is 50.0 Å². The molecule has 2 saturated heterocycles. The van der Waals surface area contributed by atoms with Crippen LogP contribution in [0.2, 0.25) is 0 Å². The maximum Gasteiger partial charge on any atom is 0.408 e. The Morgan fingerprint density at radius 2 is 1.89 bits per heavy atom. The molecule has 2 aliphatic carbocycles. The number of nitrogens with one attached hydrogen (secondary N) is 1. The van der Waals surface area contributed by atoms with Crippen molar-refractivity contribution in [2.24, 2.45) is 16.8 Å². The van der Waals surface area contributed by atoms with Crippen LogP contribution in [-0.2, 0) is 6.54 Å². The number of aromatic nitrogens is 3. The van der Waals surface area contributed by atoms with E-state index in [9.17, 15) is 22.4 Å². The van der Waals surface area contributed by atoms with Gasteiger partial charge in [-0.3, -0.25) is 19.5 Å². The van der Waals surface area contributed by atoms with E-state index in [1.807, 2.05) is 4.90 Å². The topological polar surface area (TPSA) is 75.4 Å². The largest absolute Gasteiger partial charge is 0.408 e. The summed E-state index contributed by atoms with van der Waals surface area (Å²) in [5.41, 5.74) is 0.445. The Labute approximate surface area is 205 Å². The van der Waals surface area contributed by atoms with Crippen molar-refractivity contribution in [1.29, 1.82) is 0 Å². The molecule has 1 N–H and O–H groups in total. The number of aliphatic imine (C=N–C) groups is 1. The van der Waals surface area contributed by atoms with Gasteiger partial charge in [0.05, 0.1) is 17.4 Å². The lowest BCUT2D eigenvalue weighted by Gasteiger charge is -2.56. The molecule has 0 atom stereocenters. The predicted octanol–water partition coefficient (Wildman–Crippen LogP) is 4.98. The Morgan fingerprint density at radius 1 is 1.19 bits per heavy atom. The van der Waals surface area contributed by atoms with E-state index in [2.05, 4.69) is 27.0 Å². The van der Waals surface area contributed by atoms with Gasteiger partial charge >= 0.3 is 6.18 Å². The normalized spacial score (nSPS) is 26.0. The minimum Gasteiger partial charge on any atom is -0.357 e. The highest BCUT2D eigenvalue weighted by molar-refractivity contribution is 5.98. The van der Waals surface area contributed by atoms with Crippen molar-refractivity contribution in [2.75, 3.05) is 0 Å². The summed E-state index contributed by atoms with van der Waals surface area (Å²) in [5.74, 6) is 1.06. The molecule has 2 saturated carbocycles. The summed E-state index contributed by atoms with van der Waals surface area (Å²) in [7, 11) is 0. The highest BCUT2D eigenvalue weighted by Crippen LogP contribution is 2.49. The van der Waals surface area contributed by atoms with Gasteiger partial charge in [0.1, 0.15) is 24.3 Å². The fourth-order valence-electron chi connectivity index (χ4n) is 6.14. The molecular formula is C25H26F4N6O. The molecule has 4 heterocycles. The van der Waals surface area contributed by atoms with E-state index in [0.717, 1.165) is 36.6 Å². The number of allylic oxidation sites excluding steroid dienone is 1. The predicted molar refractivity (Wildman–Crippen MR) is 127 cm³/mol. The summed E-state index contributed by atoms with van der Waals surface area (Å²) < 4.78 is 53.7. The number of hydrogen-bond donors (Lipinski definition) is 1. The summed E-state index contributed by atoms with van der Waals surface area (Å²) >= 11 is 0. The number of nitrogens with zero attached hydrogens (tertiary/aromatic N) is 5.